The van der Waals surface area contributed by atoms with Crippen molar-refractivity contribution in [1.82, 2.24) is 15.1 Å². The maximum atomic E-state index is 14.0. The van der Waals surface area contributed by atoms with E-state index in [1.54, 1.807) is 37.4 Å². The number of hydrogen-bond donors (Lipinski definition) is 1. The van der Waals surface area contributed by atoms with Crippen molar-refractivity contribution in [3.05, 3.63) is 65.5 Å². The molecule has 2 aliphatic rings. The van der Waals surface area contributed by atoms with E-state index in [2.05, 4.69) is 10.2 Å². The Morgan fingerprint density at radius 3 is 2.39 bits per heavy atom. The predicted molar refractivity (Wildman–Crippen MR) is 124 cm³/mol. The van der Waals surface area contributed by atoms with Crippen molar-refractivity contribution < 1.29 is 18.7 Å². The van der Waals surface area contributed by atoms with Crippen LogP contribution in [0.5, 0.6) is 5.75 Å². The second-order valence-electron chi connectivity index (χ2n) is 8.83. The van der Waals surface area contributed by atoms with Crippen molar-refractivity contribution in [2.75, 3.05) is 33.3 Å². The molecule has 7 heteroatoms. The van der Waals surface area contributed by atoms with Crippen LogP contribution >= 0.6 is 0 Å². The summed E-state index contributed by atoms with van der Waals surface area (Å²) in [6.45, 7) is 2.56. The number of para-hydroxylation sites is 1. The lowest BCUT2D eigenvalue weighted by atomic mass is 9.94. The van der Waals surface area contributed by atoms with Gasteiger partial charge in [0.05, 0.1) is 18.7 Å². The molecule has 1 aliphatic heterocycles. The van der Waals surface area contributed by atoms with Crippen molar-refractivity contribution in [2.45, 2.75) is 38.3 Å². The molecule has 2 amide bonds. The van der Waals surface area contributed by atoms with E-state index in [0.717, 1.165) is 25.7 Å². The van der Waals surface area contributed by atoms with E-state index in [1.165, 1.54) is 6.07 Å². The average Bonchev–Trinajstić information content (AvgIpc) is 3.38. The Balaban J connectivity index is 1.41. The molecule has 176 valence electrons. The maximum absolute atomic E-state index is 14.0. The number of carbonyl (C=O) groups excluding carboxylic acids is 2. The first-order chi connectivity index (χ1) is 16.1. The molecule has 6 nitrogen and oxygen atoms in total. The number of carbonyl (C=O) groups is 2. The van der Waals surface area contributed by atoms with Gasteiger partial charge in [-0.2, -0.15) is 0 Å². The number of nitrogens with zero attached hydrogens (tertiary/aromatic N) is 2. The summed E-state index contributed by atoms with van der Waals surface area (Å²) in [5.74, 6) is 0.463. The Hall–Kier alpha value is -2.93. The van der Waals surface area contributed by atoms with E-state index < -0.39 is 0 Å². The van der Waals surface area contributed by atoms with Crippen LogP contribution in [0, 0.1) is 11.7 Å². The molecule has 4 rings (SSSR count). The molecule has 1 aliphatic carbocycles. The normalized spacial score (nSPS) is 18.2. The fraction of sp³-hybridized carbons (Fsp3) is 0.462. The Morgan fingerprint density at radius 2 is 1.70 bits per heavy atom. The first-order valence-corrected chi connectivity index (χ1v) is 11.8. The van der Waals surface area contributed by atoms with E-state index >= 15 is 0 Å². The minimum Gasteiger partial charge on any atom is -0.496 e. The molecule has 1 N–H and O–H groups in total. The van der Waals surface area contributed by atoms with Crippen molar-refractivity contribution >= 4 is 11.8 Å². The zero-order valence-corrected chi connectivity index (χ0v) is 19.1. The highest BCUT2D eigenvalue weighted by Gasteiger charge is 2.37. The molecule has 2 aromatic carbocycles. The quantitative estimate of drug-likeness (QED) is 0.698. The van der Waals surface area contributed by atoms with E-state index in [1.807, 2.05) is 17.0 Å². The Morgan fingerprint density at radius 1 is 1.03 bits per heavy atom. The minimum absolute atomic E-state index is 0.0466. The van der Waals surface area contributed by atoms with E-state index in [0.29, 0.717) is 49.0 Å². The third kappa shape index (κ3) is 5.36. The summed E-state index contributed by atoms with van der Waals surface area (Å²) in [5, 5.41) is 2.97. The Labute approximate surface area is 194 Å². The number of ether oxygens (including phenoxy) is 1. The molecule has 1 atom stereocenters. The van der Waals surface area contributed by atoms with Crippen LogP contribution in [-0.2, 0) is 11.3 Å². The smallest absolute Gasteiger partial charge is 0.257 e. The second kappa shape index (κ2) is 10.8. The summed E-state index contributed by atoms with van der Waals surface area (Å²) in [4.78, 5) is 30.3. The fourth-order valence-corrected chi connectivity index (χ4v) is 5.07. The molecule has 33 heavy (non-hydrogen) atoms. The van der Waals surface area contributed by atoms with Gasteiger partial charge in [0.2, 0.25) is 5.91 Å². The number of piperazine rings is 1. The van der Waals surface area contributed by atoms with Gasteiger partial charge in [0, 0.05) is 38.3 Å². The molecule has 1 saturated heterocycles. The van der Waals surface area contributed by atoms with Gasteiger partial charge in [-0.1, -0.05) is 43.2 Å². The number of rotatable bonds is 7. The monoisotopic (exact) mass is 453 g/mol. The van der Waals surface area contributed by atoms with Gasteiger partial charge in [0.15, 0.2) is 0 Å². The fourth-order valence-electron chi connectivity index (χ4n) is 5.07. The molecular weight excluding hydrogens is 421 g/mol. The number of halogens is 1. The molecule has 1 saturated carbocycles. The van der Waals surface area contributed by atoms with Crippen molar-refractivity contribution in [2.24, 2.45) is 5.92 Å². The lowest BCUT2D eigenvalue weighted by Gasteiger charge is -2.40. The van der Waals surface area contributed by atoms with Crippen LogP contribution in [0.15, 0.2) is 48.5 Å². The third-order valence-corrected chi connectivity index (χ3v) is 6.86. The third-order valence-electron chi connectivity index (χ3n) is 6.86. The standard InChI is InChI=1S/C26H32FN3O3/c1-33-23-13-7-5-11-21(23)26(32)30-16-14-29(15-17-30)24(19-8-2-3-9-19)25(31)28-18-20-10-4-6-12-22(20)27/h4-7,10-13,19,24H,2-3,8-9,14-18H2,1H3,(H,28,31)/t24-/m1/s1. The Kier molecular flexibility index (Phi) is 7.60. The van der Waals surface area contributed by atoms with Crippen LogP contribution in [-0.4, -0.2) is 60.9 Å². The highest BCUT2D eigenvalue weighted by atomic mass is 19.1. The van der Waals surface area contributed by atoms with E-state index in [9.17, 15) is 14.0 Å². The van der Waals surface area contributed by atoms with Crippen LogP contribution < -0.4 is 10.1 Å². The van der Waals surface area contributed by atoms with Gasteiger partial charge < -0.3 is 15.0 Å². The van der Waals surface area contributed by atoms with Gasteiger partial charge in [-0.05, 0) is 37.0 Å². The van der Waals surface area contributed by atoms with E-state index in [-0.39, 0.29) is 30.2 Å². The number of nitrogens with one attached hydrogen (secondary N) is 1. The largest absolute Gasteiger partial charge is 0.496 e. The zero-order valence-electron chi connectivity index (χ0n) is 19.1. The topological polar surface area (TPSA) is 61.9 Å². The first-order valence-electron chi connectivity index (χ1n) is 11.8. The van der Waals surface area contributed by atoms with Crippen LogP contribution in [0.25, 0.3) is 0 Å². The Bertz CT molecular complexity index is 969. The summed E-state index contributed by atoms with van der Waals surface area (Å²) in [6.07, 6.45) is 4.32. The molecule has 2 aromatic rings. The minimum atomic E-state index is -0.307. The van der Waals surface area contributed by atoms with Crippen molar-refractivity contribution in [1.29, 1.82) is 0 Å². The average molecular weight is 454 g/mol. The molecule has 0 spiro atoms. The zero-order chi connectivity index (χ0) is 23.2. The van der Waals surface area contributed by atoms with Gasteiger partial charge in [-0.15, -0.1) is 0 Å². The summed E-state index contributed by atoms with van der Waals surface area (Å²) >= 11 is 0. The summed E-state index contributed by atoms with van der Waals surface area (Å²) in [5.41, 5.74) is 1.05. The number of amides is 2. The van der Waals surface area contributed by atoms with Gasteiger partial charge in [-0.25, -0.2) is 4.39 Å². The van der Waals surface area contributed by atoms with Crippen LogP contribution in [0.1, 0.15) is 41.6 Å². The van der Waals surface area contributed by atoms with Crippen LogP contribution in [0.2, 0.25) is 0 Å². The summed E-state index contributed by atoms with van der Waals surface area (Å²) in [6, 6.07) is 13.5. The van der Waals surface area contributed by atoms with Gasteiger partial charge >= 0.3 is 0 Å². The highest BCUT2D eigenvalue weighted by molar-refractivity contribution is 5.97. The predicted octanol–water partition coefficient (Wildman–Crippen LogP) is 3.47. The van der Waals surface area contributed by atoms with Gasteiger partial charge in [0.25, 0.3) is 5.91 Å². The molecule has 2 fully saturated rings. The lowest BCUT2D eigenvalue weighted by molar-refractivity contribution is -0.129. The number of benzene rings is 2. The lowest BCUT2D eigenvalue weighted by Crippen LogP contribution is -2.57. The number of methoxy groups -OCH3 is 1. The molecule has 1 heterocycles. The van der Waals surface area contributed by atoms with Crippen molar-refractivity contribution in [3.8, 4) is 5.75 Å². The van der Waals surface area contributed by atoms with Gasteiger partial charge in [-0.3, -0.25) is 14.5 Å². The van der Waals surface area contributed by atoms with Crippen molar-refractivity contribution in [3.63, 3.8) is 0 Å². The molecule has 0 aromatic heterocycles. The molecule has 0 radical (unpaired) electrons. The van der Waals surface area contributed by atoms with Crippen LogP contribution in [0.3, 0.4) is 0 Å². The summed E-state index contributed by atoms with van der Waals surface area (Å²) in [7, 11) is 1.57. The summed E-state index contributed by atoms with van der Waals surface area (Å²) < 4.78 is 19.4. The van der Waals surface area contributed by atoms with E-state index in [4.69, 9.17) is 4.74 Å². The first kappa shape index (κ1) is 23.2. The number of hydrogen-bond acceptors (Lipinski definition) is 4. The molecule has 0 unspecified atom stereocenters. The van der Waals surface area contributed by atoms with Crippen LogP contribution in [0.4, 0.5) is 4.39 Å². The SMILES string of the molecule is COc1ccccc1C(=O)N1CCN([C@@H](C(=O)NCc2ccccc2F)C2CCCC2)CC1. The molecule has 0 bridgehead atoms. The second-order valence-corrected chi connectivity index (χ2v) is 8.83. The van der Waals surface area contributed by atoms with Gasteiger partial charge in [0.1, 0.15) is 11.6 Å². The highest BCUT2D eigenvalue weighted by Crippen LogP contribution is 2.31. The molecular formula is C26H32FN3O3. The maximum Gasteiger partial charge on any atom is 0.257 e.